The number of hydrogen-bond acceptors (Lipinski definition) is 4. The topological polar surface area (TPSA) is 49.9 Å². The summed E-state index contributed by atoms with van der Waals surface area (Å²) in [6, 6.07) is 23.2. The lowest BCUT2D eigenvalue weighted by atomic mass is 10.0. The molecule has 0 aromatic heterocycles. The van der Waals surface area contributed by atoms with Gasteiger partial charge in [-0.25, -0.2) is 4.90 Å². The highest BCUT2D eigenvalue weighted by Crippen LogP contribution is 2.37. The van der Waals surface area contributed by atoms with E-state index in [2.05, 4.69) is 0 Å². The van der Waals surface area contributed by atoms with Gasteiger partial charge in [0.1, 0.15) is 11.4 Å². The van der Waals surface area contributed by atoms with Crippen molar-refractivity contribution in [3.63, 3.8) is 0 Å². The van der Waals surface area contributed by atoms with Crippen molar-refractivity contribution in [2.45, 2.75) is 0 Å². The number of ether oxygens (including phenoxy) is 1. The number of imide groups is 1. The molecule has 3 aromatic rings. The molecule has 0 spiro atoms. The summed E-state index contributed by atoms with van der Waals surface area (Å²) in [5, 5.41) is 0.448. The summed E-state index contributed by atoms with van der Waals surface area (Å²) in [5.41, 5.74) is 2.49. The molecule has 1 heterocycles. The molecule has 4 rings (SSSR count). The summed E-state index contributed by atoms with van der Waals surface area (Å²) in [7, 11) is 3.36. The highest BCUT2D eigenvalue weighted by Gasteiger charge is 2.42. The second-order valence-corrected chi connectivity index (χ2v) is 7.21. The Hall–Kier alpha value is -3.57. The molecule has 150 valence electrons. The molecule has 0 N–H and O–H groups in total. The van der Waals surface area contributed by atoms with Crippen molar-refractivity contribution >= 4 is 40.4 Å². The first kappa shape index (κ1) is 19.7. The molecular weight excluding hydrogens is 400 g/mol. The van der Waals surface area contributed by atoms with Crippen LogP contribution in [-0.4, -0.2) is 26.0 Å². The molecule has 0 aliphatic carbocycles. The summed E-state index contributed by atoms with van der Waals surface area (Å²) in [4.78, 5) is 29.9. The van der Waals surface area contributed by atoms with Crippen molar-refractivity contribution in [1.29, 1.82) is 0 Å². The van der Waals surface area contributed by atoms with Crippen molar-refractivity contribution in [3.05, 3.63) is 95.1 Å². The predicted molar refractivity (Wildman–Crippen MR) is 119 cm³/mol. The van der Waals surface area contributed by atoms with Crippen molar-refractivity contribution < 1.29 is 14.3 Å². The molecular formula is C24H19ClN2O3. The molecule has 1 aliphatic heterocycles. The van der Waals surface area contributed by atoms with E-state index in [-0.39, 0.29) is 0 Å². The molecule has 1 aliphatic rings. The number of hydrogen-bond donors (Lipinski definition) is 0. The largest absolute Gasteiger partial charge is 0.497 e. The molecule has 0 atom stereocenters. The van der Waals surface area contributed by atoms with Gasteiger partial charge in [0.05, 0.1) is 18.4 Å². The molecule has 0 bridgehead atoms. The minimum absolute atomic E-state index is 0.302. The van der Waals surface area contributed by atoms with E-state index in [0.717, 1.165) is 5.69 Å². The molecule has 3 aromatic carbocycles. The molecule has 5 nitrogen and oxygen atoms in total. The summed E-state index contributed by atoms with van der Waals surface area (Å²) in [5.74, 6) is -0.134. The first-order valence-electron chi connectivity index (χ1n) is 9.33. The summed E-state index contributed by atoms with van der Waals surface area (Å²) in [6.45, 7) is 0. The summed E-state index contributed by atoms with van der Waals surface area (Å²) < 4.78 is 5.22. The zero-order valence-corrected chi connectivity index (χ0v) is 17.3. The Morgan fingerprint density at radius 3 is 2.20 bits per heavy atom. The maximum absolute atomic E-state index is 13.5. The SMILES string of the molecule is COc1ccc(C2=C(N(C)c3ccccc3)C(=O)N(c3cccc(Cl)c3)C2=O)cc1. The van der Waals surface area contributed by atoms with Crippen LogP contribution in [0.5, 0.6) is 5.75 Å². The highest BCUT2D eigenvalue weighted by atomic mass is 35.5. The lowest BCUT2D eigenvalue weighted by Crippen LogP contribution is -2.34. The third-order valence-electron chi connectivity index (χ3n) is 4.98. The maximum Gasteiger partial charge on any atom is 0.282 e. The molecule has 0 radical (unpaired) electrons. The molecule has 0 fully saturated rings. The van der Waals surface area contributed by atoms with Crippen LogP contribution in [-0.2, 0) is 9.59 Å². The average molecular weight is 419 g/mol. The van der Waals surface area contributed by atoms with Crippen LogP contribution in [0.25, 0.3) is 5.57 Å². The van der Waals surface area contributed by atoms with Crippen LogP contribution in [0.3, 0.4) is 0 Å². The lowest BCUT2D eigenvalue weighted by Gasteiger charge is -2.21. The Balaban J connectivity index is 1.87. The van der Waals surface area contributed by atoms with Crippen LogP contribution in [0.1, 0.15) is 5.56 Å². The van der Waals surface area contributed by atoms with E-state index in [0.29, 0.717) is 33.3 Å². The van der Waals surface area contributed by atoms with Gasteiger partial charge in [-0.05, 0) is 48.0 Å². The first-order valence-corrected chi connectivity index (χ1v) is 9.71. The van der Waals surface area contributed by atoms with E-state index in [1.807, 2.05) is 30.3 Å². The Morgan fingerprint density at radius 1 is 0.867 bits per heavy atom. The molecule has 0 saturated heterocycles. The van der Waals surface area contributed by atoms with E-state index in [4.69, 9.17) is 16.3 Å². The van der Waals surface area contributed by atoms with Crippen LogP contribution >= 0.6 is 11.6 Å². The number of methoxy groups -OCH3 is 1. The smallest absolute Gasteiger partial charge is 0.282 e. The van der Waals surface area contributed by atoms with Crippen molar-refractivity contribution in [3.8, 4) is 5.75 Å². The Bertz CT molecular complexity index is 1140. The van der Waals surface area contributed by atoms with E-state index < -0.39 is 11.8 Å². The van der Waals surface area contributed by atoms with Gasteiger partial charge in [0.2, 0.25) is 0 Å². The minimum atomic E-state index is -0.403. The molecule has 0 saturated carbocycles. The van der Waals surface area contributed by atoms with Crippen LogP contribution in [0.2, 0.25) is 5.02 Å². The van der Waals surface area contributed by atoms with Gasteiger partial charge in [0.15, 0.2) is 0 Å². The van der Waals surface area contributed by atoms with Crippen LogP contribution in [0, 0.1) is 0 Å². The second-order valence-electron chi connectivity index (χ2n) is 6.77. The number of para-hydroxylation sites is 1. The number of amides is 2. The standard InChI is InChI=1S/C24H19ClN2O3/c1-26(18-8-4-3-5-9-18)22-21(16-11-13-20(30-2)14-12-16)23(28)27(24(22)29)19-10-6-7-17(25)15-19/h3-15H,1-2H3. The van der Waals surface area contributed by atoms with Gasteiger partial charge < -0.3 is 9.64 Å². The quantitative estimate of drug-likeness (QED) is 0.560. The Kier molecular flexibility index (Phi) is 5.29. The predicted octanol–water partition coefficient (Wildman–Crippen LogP) is 4.77. The van der Waals surface area contributed by atoms with Crippen molar-refractivity contribution in [1.82, 2.24) is 0 Å². The number of likely N-dealkylation sites (N-methyl/N-ethyl adjacent to an activating group) is 1. The fraction of sp³-hybridized carbons (Fsp3) is 0.0833. The van der Waals surface area contributed by atoms with E-state index >= 15 is 0 Å². The maximum atomic E-state index is 13.5. The van der Waals surface area contributed by atoms with Gasteiger partial charge in [0, 0.05) is 17.8 Å². The van der Waals surface area contributed by atoms with Gasteiger partial charge >= 0.3 is 0 Å². The monoisotopic (exact) mass is 418 g/mol. The number of nitrogens with zero attached hydrogens (tertiary/aromatic N) is 2. The molecule has 30 heavy (non-hydrogen) atoms. The third kappa shape index (κ3) is 3.44. The zero-order chi connectivity index (χ0) is 21.3. The van der Waals surface area contributed by atoms with Crippen molar-refractivity contribution in [2.75, 3.05) is 24.0 Å². The fourth-order valence-corrected chi connectivity index (χ4v) is 3.66. The number of benzene rings is 3. The minimum Gasteiger partial charge on any atom is -0.497 e. The lowest BCUT2D eigenvalue weighted by molar-refractivity contribution is -0.120. The second kappa shape index (κ2) is 8.05. The van der Waals surface area contributed by atoms with Crippen LogP contribution in [0.15, 0.2) is 84.6 Å². The number of carbonyl (C=O) groups excluding carboxylic acids is 2. The Labute approximate surface area is 179 Å². The van der Waals surface area contributed by atoms with Gasteiger partial charge in [-0.15, -0.1) is 0 Å². The van der Waals surface area contributed by atoms with Crippen LogP contribution in [0.4, 0.5) is 11.4 Å². The number of rotatable bonds is 5. The highest BCUT2D eigenvalue weighted by molar-refractivity contribution is 6.46. The summed E-state index contributed by atoms with van der Waals surface area (Å²) >= 11 is 6.11. The Morgan fingerprint density at radius 2 is 1.57 bits per heavy atom. The summed E-state index contributed by atoms with van der Waals surface area (Å²) in [6.07, 6.45) is 0. The van der Waals surface area contributed by atoms with E-state index in [1.54, 1.807) is 67.6 Å². The van der Waals surface area contributed by atoms with Gasteiger partial charge in [-0.2, -0.15) is 0 Å². The van der Waals surface area contributed by atoms with E-state index in [1.165, 1.54) is 4.90 Å². The third-order valence-corrected chi connectivity index (χ3v) is 5.22. The first-order chi connectivity index (χ1) is 14.5. The van der Waals surface area contributed by atoms with Crippen LogP contribution < -0.4 is 14.5 Å². The molecule has 2 amide bonds. The molecule has 0 unspecified atom stereocenters. The normalized spacial score (nSPS) is 13.8. The number of halogens is 1. The van der Waals surface area contributed by atoms with E-state index in [9.17, 15) is 9.59 Å². The average Bonchev–Trinajstić information content (AvgIpc) is 3.04. The number of carbonyl (C=O) groups is 2. The zero-order valence-electron chi connectivity index (χ0n) is 16.5. The van der Waals surface area contributed by atoms with Gasteiger partial charge in [-0.1, -0.05) is 48.0 Å². The van der Waals surface area contributed by atoms with Gasteiger partial charge in [-0.3, -0.25) is 9.59 Å². The fourth-order valence-electron chi connectivity index (χ4n) is 3.48. The molecule has 6 heteroatoms. The number of anilines is 2. The van der Waals surface area contributed by atoms with Gasteiger partial charge in [0.25, 0.3) is 11.8 Å². The van der Waals surface area contributed by atoms with Crippen molar-refractivity contribution in [2.24, 2.45) is 0 Å².